The highest BCUT2D eigenvalue weighted by Gasteiger charge is 2.13. The summed E-state index contributed by atoms with van der Waals surface area (Å²) in [4.78, 5) is 11.1. The van der Waals surface area contributed by atoms with Crippen molar-refractivity contribution in [3.05, 3.63) is 90.4 Å². The molecule has 134 valence electrons. The maximum absolute atomic E-state index is 13.3. The Morgan fingerprint density at radius 3 is 2.37 bits per heavy atom. The molecule has 3 nitrogen and oxygen atoms in total. The van der Waals surface area contributed by atoms with Crippen LogP contribution in [-0.4, -0.2) is 15.6 Å². The van der Waals surface area contributed by atoms with Gasteiger partial charge in [0.25, 0.3) is 0 Å². The lowest BCUT2D eigenvalue weighted by Crippen LogP contribution is -2.05. The second-order valence-electron chi connectivity index (χ2n) is 6.48. The molecule has 0 bridgehead atoms. The number of aliphatic carboxylic acids is 1. The van der Waals surface area contributed by atoms with E-state index in [4.69, 9.17) is 5.11 Å². The quantitative estimate of drug-likeness (QED) is 0.514. The number of benzene rings is 3. The van der Waals surface area contributed by atoms with E-state index < -0.39 is 5.97 Å². The van der Waals surface area contributed by atoms with Gasteiger partial charge in [-0.3, -0.25) is 4.79 Å². The van der Waals surface area contributed by atoms with E-state index in [1.165, 1.54) is 12.1 Å². The summed E-state index contributed by atoms with van der Waals surface area (Å²) in [5.41, 5.74) is 3.65. The average Bonchev–Trinajstić information content (AvgIpc) is 3.10. The molecule has 0 unspecified atom stereocenters. The van der Waals surface area contributed by atoms with E-state index in [9.17, 15) is 9.18 Å². The van der Waals surface area contributed by atoms with Crippen LogP contribution in [0.25, 0.3) is 27.7 Å². The minimum atomic E-state index is -0.829. The predicted molar refractivity (Wildman–Crippen MR) is 105 cm³/mol. The van der Waals surface area contributed by atoms with E-state index in [-0.39, 0.29) is 12.2 Å². The SMILES string of the molecule is O=C(O)CCc1ccc(-c2ccc(F)cc2)n1-c1ccc2ccccc2c1. The second-order valence-corrected chi connectivity index (χ2v) is 6.48. The van der Waals surface area contributed by atoms with E-state index in [2.05, 4.69) is 28.8 Å². The first-order valence-electron chi connectivity index (χ1n) is 8.79. The Morgan fingerprint density at radius 2 is 1.63 bits per heavy atom. The van der Waals surface area contributed by atoms with Gasteiger partial charge in [0, 0.05) is 11.4 Å². The smallest absolute Gasteiger partial charge is 0.303 e. The van der Waals surface area contributed by atoms with Crippen LogP contribution in [0.3, 0.4) is 0 Å². The molecule has 3 aromatic carbocycles. The highest BCUT2D eigenvalue weighted by Crippen LogP contribution is 2.29. The minimum Gasteiger partial charge on any atom is -0.481 e. The third kappa shape index (κ3) is 3.47. The van der Waals surface area contributed by atoms with Crippen LogP contribution in [0.4, 0.5) is 4.39 Å². The third-order valence-corrected chi connectivity index (χ3v) is 4.69. The van der Waals surface area contributed by atoms with Crippen molar-refractivity contribution in [2.75, 3.05) is 0 Å². The van der Waals surface area contributed by atoms with Crippen molar-refractivity contribution in [3.63, 3.8) is 0 Å². The summed E-state index contributed by atoms with van der Waals surface area (Å²) < 4.78 is 15.4. The number of carbonyl (C=O) groups is 1. The molecule has 0 saturated carbocycles. The van der Waals surface area contributed by atoms with Crippen LogP contribution in [0.5, 0.6) is 0 Å². The molecule has 0 fully saturated rings. The predicted octanol–water partition coefficient (Wildman–Crippen LogP) is 5.45. The van der Waals surface area contributed by atoms with Crippen molar-refractivity contribution >= 4 is 16.7 Å². The molecule has 0 radical (unpaired) electrons. The van der Waals surface area contributed by atoms with Crippen LogP contribution >= 0.6 is 0 Å². The normalized spacial score (nSPS) is 11.0. The summed E-state index contributed by atoms with van der Waals surface area (Å²) >= 11 is 0. The number of halogens is 1. The van der Waals surface area contributed by atoms with Gasteiger partial charge >= 0.3 is 5.97 Å². The second kappa shape index (κ2) is 7.08. The number of nitrogens with zero attached hydrogens (tertiary/aromatic N) is 1. The lowest BCUT2D eigenvalue weighted by molar-refractivity contribution is -0.136. The van der Waals surface area contributed by atoms with Crippen molar-refractivity contribution in [2.24, 2.45) is 0 Å². The molecule has 0 atom stereocenters. The van der Waals surface area contributed by atoms with E-state index in [1.807, 2.05) is 30.3 Å². The molecule has 0 spiro atoms. The van der Waals surface area contributed by atoms with Gasteiger partial charge in [-0.25, -0.2) is 4.39 Å². The summed E-state index contributed by atoms with van der Waals surface area (Å²) in [5, 5.41) is 11.3. The molecular weight excluding hydrogens is 341 g/mol. The first kappa shape index (κ1) is 17.0. The van der Waals surface area contributed by atoms with E-state index >= 15 is 0 Å². The highest BCUT2D eigenvalue weighted by molar-refractivity contribution is 5.84. The van der Waals surface area contributed by atoms with Gasteiger partial charge in [-0.05, 0) is 71.3 Å². The molecule has 0 amide bonds. The van der Waals surface area contributed by atoms with Crippen LogP contribution in [0.15, 0.2) is 78.9 Å². The third-order valence-electron chi connectivity index (χ3n) is 4.69. The van der Waals surface area contributed by atoms with Gasteiger partial charge in [0.15, 0.2) is 0 Å². The zero-order chi connectivity index (χ0) is 18.8. The van der Waals surface area contributed by atoms with Crippen molar-refractivity contribution in [1.82, 2.24) is 4.57 Å². The Bertz CT molecular complexity index is 1110. The number of hydrogen-bond donors (Lipinski definition) is 1. The Morgan fingerprint density at radius 1 is 0.889 bits per heavy atom. The molecule has 4 rings (SSSR count). The largest absolute Gasteiger partial charge is 0.481 e. The number of rotatable bonds is 5. The van der Waals surface area contributed by atoms with Crippen LogP contribution in [0.1, 0.15) is 12.1 Å². The van der Waals surface area contributed by atoms with Crippen molar-refractivity contribution in [1.29, 1.82) is 0 Å². The lowest BCUT2D eigenvalue weighted by Gasteiger charge is -2.15. The number of carboxylic acid groups (broad SMARTS) is 1. The number of fused-ring (bicyclic) bond motifs is 1. The average molecular weight is 359 g/mol. The maximum atomic E-state index is 13.3. The van der Waals surface area contributed by atoms with Crippen LogP contribution in [0, 0.1) is 5.82 Å². The molecule has 0 saturated heterocycles. The van der Waals surface area contributed by atoms with Crippen molar-refractivity contribution in [2.45, 2.75) is 12.8 Å². The van der Waals surface area contributed by atoms with Gasteiger partial charge in [-0.15, -0.1) is 0 Å². The fraction of sp³-hybridized carbons (Fsp3) is 0.0870. The zero-order valence-electron chi connectivity index (χ0n) is 14.6. The van der Waals surface area contributed by atoms with Crippen LogP contribution in [0.2, 0.25) is 0 Å². The minimum absolute atomic E-state index is 0.0560. The van der Waals surface area contributed by atoms with Gasteiger partial charge in [-0.2, -0.15) is 0 Å². The Hall–Kier alpha value is -3.40. The maximum Gasteiger partial charge on any atom is 0.303 e. The van der Waals surface area contributed by atoms with E-state index in [0.717, 1.165) is 33.4 Å². The van der Waals surface area contributed by atoms with Gasteiger partial charge in [-0.1, -0.05) is 30.3 Å². The van der Waals surface area contributed by atoms with Gasteiger partial charge in [0.2, 0.25) is 0 Å². The molecular formula is C23H18FNO2. The summed E-state index contributed by atoms with van der Waals surface area (Å²) in [6.07, 6.45) is 0.476. The van der Waals surface area contributed by atoms with Crippen LogP contribution in [-0.2, 0) is 11.2 Å². The Balaban J connectivity index is 1.87. The first-order chi connectivity index (χ1) is 13.1. The van der Waals surface area contributed by atoms with Gasteiger partial charge < -0.3 is 9.67 Å². The van der Waals surface area contributed by atoms with Crippen molar-refractivity contribution < 1.29 is 14.3 Å². The molecule has 0 aliphatic carbocycles. The van der Waals surface area contributed by atoms with Gasteiger partial charge in [0.1, 0.15) is 5.82 Å². The molecule has 27 heavy (non-hydrogen) atoms. The fourth-order valence-corrected chi connectivity index (χ4v) is 3.38. The number of aromatic nitrogens is 1. The Labute approximate surface area is 156 Å². The highest BCUT2D eigenvalue weighted by atomic mass is 19.1. The standard InChI is InChI=1S/C23H18FNO2/c24-19-8-5-17(6-9-19)22-13-11-20(12-14-23(26)27)25(22)21-10-7-16-3-1-2-4-18(16)15-21/h1-11,13,15H,12,14H2,(H,26,27). The first-order valence-corrected chi connectivity index (χ1v) is 8.79. The molecule has 0 aliphatic rings. The molecule has 1 heterocycles. The summed E-state index contributed by atoms with van der Waals surface area (Å²) in [5.74, 6) is -1.11. The zero-order valence-corrected chi connectivity index (χ0v) is 14.6. The monoisotopic (exact) mass is 359 g/mol. The molecule has 0 aliphatic heterocycles. The molecule has 1 aromatic heterocycles. The summed E-state index contributed by atoms with van der Waals surface area (Å²) in [7, 11) is 0. The van der Waals surface area contributed by atoms with Gasteiger partial charge in [0.05, 0.1) is 12.1 Å². The number of hydrogen-bond acceptors (Lipinski definition) is 1. The number of carboxylic acids is 1. The molecule has 1 N–H and O–H groups in total. The van der Waals surface area contributed by atoms with E-state index in [1.54, 1.807) is 12.1 Å². The lowest BCUT2D eigenvalue weighted by atomic mass is 10.1. The summed E-state index contributed by atoms with van der Waals surface area (Å²) in [6.45, 7) is 0. The number of aryl methyl sites for hydroxylation is 1. The van der Waals surface area contributed by atoms with Crippen molar-refractivity contribution in [3.8, 4) is 16.9 Å². The van der Waals surface area contributed by atoms with E-state index in [0.29, 0.717) is 6.42 Å². The molecule has 4 aromatic rings. The fourth-order valence-electron chi connectivity index (χ4n) is 3.38. The summed E-state index contributed by atoms with van der Waals surface area (Å²) in [6, 6.07) is 24.5. The molecule has 4 heteroatoms. The van der Waals surface area contributed by atoms with Crippen LogP contribution < -0.4 is 0 Å². The topological polar surface area (TPSA) is 42.2 Å². The Kier molecular flexibility index (Phi) is 4.47.